The highest BCUT2D eigenvalue weighted by atomic mass is 35.5. The fourth-order valence-corrected chi connectivity index (χ4v) is 2.91. The topological polar surface area (TPSA) is 72.0 Å². The van der Waals surface area contributed by atoms with Gasteiger partial charge in [-0.25, -0.2) is 4.98 Å². The number of anilines is 1. The van der Waals surface area contributed by atoms with Crippen LogP contribution in [-0.2, 0) is 0 Å². The third-order valence-electron chi connectivity index (χ3n) is 3.54. The summed E-state index contributed by atoms with van der Waals surface area (Å²) in [5, 5.41) is 3.43. The molecular formula is C18H10Cl3N3O2. The third-order valence-corrected chi connectivity index (χ3v) is 4.71. The number of aromatic nitrogens is 2. The van der Waals surface area contributed by atoms with E-state index in [1.165, 1.54) is 24.5 Å². The zero-order valence-corrected chi connectivity index (χ0v) is 15.3. The highest BCUT2D eigenvalue weighted by Crippen LogP contribution is 2.39. The van der Waals surface area contributed by atoms with Crippen molar-refractivity contribution in [2.75, 3.05) is 5.32 Å². The summed E-state index contributed by atoms with van der Waals surface area (Å²) in [5.41, 5.74) is 2.12. The molecule has 0 bridgehead atoms. The Balaban J connectivity index is 1.93. The van der Waals surface area contributed by atoms with E-state index in [4.69, 9.17) is 34.8 Å². The van der Waals surface area contributed by atoms with E-state index >= 15 is 0 Å². The molecule has 8 heteroatoms. The summed E-state index contributed by atoms with van der Waals surface area (Å²) in [6, 6.07) is 9.78. The predicted molar refractivity (Wildman–Crippen MR) is 102 cm³/mol. The summed E-state index contributed by atoms with van der Waals surface area (Å²) < 4.78 is 0. The Labute approximate surface area is 163 Å². The van der Waals surface area contributed by atoms with Crippen molar-refractivity contribution in [2.24, 2.45) is 0 Å². The van der Waals surface area contributed by atoms with Crippen molar-refractivity contribution in [3.05, 3.63) is 75.2 Å². The smallest absolute Gasteiger partial charge is 0.274 e. The fourth-order valence-electron chi connectivity index (χ4n) is 2.26. The van der Waals surface area contributed by atoms with Crippen molar-refractivity contribution in [3.8, 4) is 11.1 Å². The summed E-state index contributed by atoms with van der Waals surface area (Å²) in [7, 11) is 0. The van der Waals surface area contributed by atoms with Crippen molar-refractivity contribution >= 4 is 52.7 Å². The first kappa shape index (κ1) is 18.3. The molecule has 0 atom stereocenters. The summed E-state index contributed by atoms with van der Waals surface area (Å²) in [5.74, 6) is -0.458. The van der Waals surface area contributed by atoms with Crippen molar-refractivity contribution in [3.63, 3.8) is 0 Å². The SMILES string of the molecule is O=Cc1ccc(C(=O)Nc2cccc(-c3ccnc(Cl)c3Cl)c2Cl)nc1. The summed E-state index contributed by atoms with van der Waals surface area (Å²) in [6.07, 6.45) is 3.49. The van der Waals surface area contributed by atoms with Gasteiger partial charge in [0.2, 0.25) is 0 Å². The van der Waals surface area contributed by atoms with Crippen molar-refractivity contribution in [2.45, 2.75) is 0 Å². The zero-order chi connectivity index (χ0) is 18.7. The maximum atomic E-state index is 12.4. The van der Waals surface area contributed by atoms with Gasteiger partial charge in [0.05, 0.1) is 15.7 Å². The number of pyridine rings is 2. The van der Waals surface area contributed by atoms with E-state index in [2.05, 4.69) is 15.3 Å². The van der Waals surface area contributed by atoms with Crippen LogP contribution in [0.4, 0.5) is 5.69 Å². The lowest BCUT2D eigenvalue weighted by Crippen LogP contribution is -2.14. The van der Waals surface area contributed by atoms with Crippen LogP contribution in [0.25, 0.3) is 11.1 Å². The number of carbonyl (C=O) groups excluding carboxylic acids is 2. The molecule has 5 nitrogen and oxygen atoms in total. The minimum Gasteiger partial charge on any atom is -0.319 e. The number of hydrogen-bond donors (Lipinski definition) is 1. The molecule has 0 fully saturated rings. The highest BCUT2D eigenvalue weighted by Gasteiger charge is 2.16. The Hall–Kier alpha value is -2.47. The van der Waals surface area contributed by atoms with Gasteiger partial charge in [0.15, 0.2) is 6.29 Å². The van der Waals surface area contributed by atoms with Gasteiger partial charge in [-0.15, -0.1) is 0 Å². The normalized spacial score (nSPS) is 10.4. The van der Waals surface area contributed by atoms with Gasteiger partial charge < -0.3 is 5.32 Å². The van der Waals surface area contributed by atoms with Gasteiger partial charge in [-0.3, -0.25) is 14.6 Å². The molecule has 0 aliphatic rings. The average Bonchev–Trinajstić information content (AvgIpc) is 2.66. The Bertz CT molecular complexity index is 991. The van der Waals surface area contributed by atoms with Gasteiger partial charge >= 0.3 is 0 Å². The lowest BCUT2D eigenvalue weighted by atomic mass is 10.1. The minimum atomic E-state index is -0.458. The summed E-state index contributed by atoms with van der Waals surface area (Å²) in [6.45, 7) is 0. The van der Waals surface area contributed by atoms with E-state index < -0.39 is 5.91 Å². The number of aldehydes is 1. The second-order valence-corrected chi connectivity index (χ2v) is 6.29. The third kappa shape index (κ3) is 3.70. The van der Waals surface area contributed by atoms with Crippen LogP contribution in [0.1, 0.15) is 20.8 Å². The van der Waals surface area contributed by atoms with Gasteiger partial charge in [-0.2, -0.15) is 0 Å². The molecule has 0 spiro atoms. The number of rotatable bonds is 4. The first-order chi connectivity index (χ1) is 12.5. The van der Waals surface area contributed by atoms with E-state index in [0.717, 1.165) is 0 Å². The van der Waals surface area contributed by atoms with Crippen LogP contribution in [0.5, 0.6) is 0 Å². The van der Waals surface area contributed by atoms with Gasteiger partial charge in [0, 0.05) is 29.1 Å². The lowest BCUT2D eigenvalue weighted by Gasteiger charge is -2.12. The first-order valence-electron chi connectivity index (χ1n) is 7.32. The monoisotopic (exact) mass is 405 g/mol. The Morgan fingerprint density at radius 1 is 0.962 bits per heavy atom. The number of benzene rings is 1. The maximum Gasteiger partial charge on any atom is 0.274 e. The van der Waals surface area contributed by atoms with Gasteiger partial charge in [-0.1, -0.05) is 46.9 Å². The zero-order valence-electron chi connectivity index (χ0n) is 13.0. The molecule has 3 aromatic rings. The number of carbonyl (C=O) groups is 2. The highest BCUT2D eigenvalue weighted by molar-refractivity contribution is 6.44. The summed E-state index contributed by atoms with van der Waals surface area (Å²) >= 11 is 18.6. The Kier molecular flexibility index (Phi) is 5.52. The largest absolute Gasteiger partial charge is 0.319 e. The Morgan fingerprint density at radius 3 is 2.42 bits per heavy atom. The molecule has 0 aliphatic carbocycles. The van der Waals surface area contributed by atoms with E-state index in [1.807, 2.05) is 0 Å². The van der Waals surface area contributed by atoms with E-state index in [1.54, 1.807) is 24.3 Å². The molecule has 0 aliphatic heterocycles. The van der Waals surface area contributed by atoms with Gasteiger partial charge in [0.1, 0.15) is 10.8 Å². The second-order valence-electron chi connectivity index (χ2n) is 5.18. The van der Waals surface area contributed by atoms with E-state index in [0.29, 0.717) is 33.7 Å². The van der Waals surface area contributed by atoms with Crippen LogP contribution < -0.4 is 5.32 Å². The molecule has 0 unspecified atom stereocenters. The van der Waals surface area contributed by atoms with Gasteiger partial charge in [-0.05, 0) is 24.3 Å². The first-order valence-corrected chi connectivity index (χ1v) is 8.46. The molecule has 3 rings (SSSR count). The number of amides is 1. The number of halogens is 3. The van der Waals surface area contributed by atoms with Crippen LogP contribution in [0.3, 0.4) is 0 Å². The van der Waals surface area contributed by atoms with Crippen LogP contribution >= 0.6 is 34.8 Å². The van der Waals surface area contributed by atoms with Crippen molar-refractivity contribution in [1.29, 1.82) is 0 Å². The summed E-state index contributed by atoms with van der Waals surface area (Å²) in [4.78, 5) is 30.9. The molecule has 26 heavy (non-hydrogen) atoms. The maximum absolute atomic E-state index is 12.4. The molecule has 1 amide bonds. The molecular weight excluding hydrogens is 397 g/mol. The fraction of sp³-hybridized carbons (Fsp3) is 0. The van der Waals surface area contributed by atoms with E-state index in [9.17, 15) is 9.59 Å². The molecule has 1 N–H and O–H groups in total. The minimum absolute atomic E-state index is 0.155. The second kappa shape index (κ2) is 7.83. The van der Waals surface area contributed by atoms with Crippen molar-refractivity contribution < 1.29 is 9.59 Å². The van der Waals surface area contributed by atoms with Crippen molar-refractivity contribution in [1.82, 2.24) is 9.97 Å². The van der Waals surface area contributed by atoms with Crippen LogP contribution in [0.2, 0.25) is 15.2 Å². The number of hydrogen-bond acceptors (Lipinski definition) is 4. The quantitative estimate of drug-likeness (QED) is 0.479. The average molecular weight is 407 g/mol. The molecule has 130 valence electrons. The molecule has 0 saturated heterocycles. The van der Waals surface area contributed by atoms with Crippen LogP contribution in [0.15, 0.2) is 48.8 Å². The predicted octanol–water partition coefficient (Wildman–Crippen LogP) is 5.17. The molecule has 1 aromatic carbocycles. The molecule has 0 radical (unpaired) electrons. The number of nitrogens with one attached hydrogen (secondary N) is 1. The molecule has 2 heterocycles. The molecule has 0 saturated carbocycles. The van der Waals surface area contributed by atoms with Crippen LogP contribution in [0, 0.1) is 0 Å². The Morgan fingerprint density at radius 2 is 1.73 bits per heavy atom. The van der Waals surface area contributed by atoms with Crippen LogP contribution in [-0.4, -0.2) is 22.2 Å². The van der Waals surface area contributed by atoms with Gasteiger partial charge in [0.25, 0.3) is 5.91 Å². The molecule has 2 aromatic heterocycles. The standard InChI is InChI=1S/C18H10Cl3N3O2/c19-15-11(12-6-7-22-17(21)16(12)20)2-1-3-13(15)24-18(26)14-5-4-10(9-25)8-23-14/h1-9H,(H,24,26). The van der Waals surface area contributed by atoms with E-state index in [-0.39, 0.29) is 15.9 Å². The number of nitrogens with zero attached hydrogens (tertiary/aromatic N) is 2. The lowest BCUT2D eigenvalue weighted by molar-refractivity contribution is 0.102.